The Hall–Kier alpha value is -2.84. The molecule has 2 heterocycles. The van der Waals surface area contributed by atoms with Crippen LogP contribution in [0, 0.1) is 6.92 Å². The van der Waals surface area contributed by atoms with Gasteiger partial charge in [0.2, 0.25) is 0 Å². The number of hydrogen-bond acceptors (Lipinski definition) is 1. The summed E-state index contributed by atoms with van der Waals surface area (Å²) in [6.45, 7) is 2.13. The van der Waals surface area contributed by atoms with Gasteiger partial charge in [0.25, 0.3) is 0 Å². The molecule has 0 unspecified atom stereocenters. The summed E-state index contributed by atoms with van der Waals surface area (Å²) in [5.41, 5.74) is 3.75. The lowest BCUT2D eigenvalue weighted by Crippen LogP contribution is -2.01. The largest absolute Gasteiger partial charge is 0.261 e. The van der Waals surface area contributed by atoms with Crippen molar-refractivity contribution >= 4 is 10.0 Å². The Labute approximate surface area is 155 Å². The zero-order chi connectivity index (χ0) is 17.6. The van der Waals surface area contributed by atoms with Crippen LogP contribution in [0.1, 0.15) is 5.69 Å². The predicted octanol–water partition coefficient (Wildman–Crippen LogP) is 6.71. The van der Waals surface area contributed by atoms with E-state index in [0.717, 1.165) is 5.69 Å². The van der Waals surface area contributed by atoms with E-state index in [0.29, 0.717) is 0 Å². The highest BCUT2D eigenvalue weighted by molar-refractivity contribution is 8.34. The number of hydrogen-bond donors (Lipinski definition) is 0. The topological polar surface area (TPSA) is 12.9 Å². The van der Waals surface area contributed by atoms with E-state index >= 15 is 0 Å². The summed E-state index contributed by atoms with van der Waals surface area (Å²) in [5.74, 6) is 0. The molecule has 0 amide bonds. The molecular formula is C24H19NS. The molecule has 2 heteroatoms. The molecule has 5 rings (SSSR count). The molecule has 0 saturated heterocycles. The first-order valence-electron chi connectivity index (χ1n) is 8.82. The molecule has 1 nitrogen and oxygen atoms in total. The highest BCUT2D eigenvalue weighted by Crippen LogP contribution is 2.79. The summed E-state index contributed by atoms with van der Waals surface area (Å²) in [4.78, 5) is 10.2. The molecule has 0 N–H and O–H groups in total. The second-order valence-corrected chi connectivity index (χ2v) is 9.55. The van der Waals surface area contributed by atoms with Crippen molar-refractivity contribution < 1.29 is 0 Å². The molecule has 0 aliphatic carbocycles. The van der Waals surface area contributed by atoms with Gasteiger partial charge >= 0.3 is 0 Å². The number of pyridine rings is 1. The minimum atomic E-state index is -1.50. The van der Waals surface area contributed by atoms with E-state index in [-0.39, 0.29) is 0 Å². The first-order chi connectivity index (χ1) is 12.8. The molecule has 126 valence electrons. The van der Waals surface area contributed by atoms with Gasteiger partial charge in [0, 0.05) is 37.0 Å². The van der Waals surface area contributed by atoms with E-state index in [1.807, 2.05) is 6.20 Å². The quantitative estimate of drug-likeness (QED) is 0.343. The van der Waals surface area contributed by atoms with Gasteiger partial charge in [-0.05, 0) is 48.9 Å². The summed E-state index contributed by atoms with van der Waals surface area (Å²) in [6, 6.07) is 33.0. The third-order valence-electron chi connectivity index (χ3n) is 5.11. The fourth-order valence-electron chi connectivity index (χ4n) is 4.08. The van der Waals surface area contributed by atoms with Crippen LogP contribution in [0.5, 0.6) is 0 Å². The maximum atomic E-state index is 4.62. The zero-order valence-electron chi connectivity index (χ0n) is 14.6. The van der Waals surface area contributed by atoms with Crippen LogP contribution in [-0.4, -0.2) is 4.98 Å². The van der Waals surface area contributed by atoms with Crippen LogP contribution in [0.25, 0.3) is 11.1 Å². The molecule has 0 bridgehead atoms. The first-order valence-corrected chi connectivity index (χ1v) is 10.5. The van der Waals surface area contributed by atoms with Crippen molar-refractivity contribution in [3.05, 3.63) is 103 Å². The summed E-state index contributed by atoms with van der Waals surface area (Å²) in [6.07, 6.45) is 1.97. The third kappa shape index (κ3) is 1.96. The van der Waals surface area contributed by atoms with E-state index in [1.54, 1.807) is 0 Å². The summed E-state index contributed by atoms with van der Waals surface area (Å²) < 4.78 is 0. The molecule has 1 aliphatic heterocycles. The van der Waals surface area contributed by atoms with Gasteiger partial charge in [-0.1, -0.05) is 54.6 Å². The SMILES string of the molecule is Cc1nccc2c1-c1ccccc1S2(c1ccccc1)c1ccccc1. The fraction of sp³-hybridized carbons (Fsp3) is 0.0417. The number of aromatic nitrogens is 1. The second-order valence-electron chi connectivity index (χ2n) is 6.50. The van der Waals surface area contributed by atoms with E-state index in [4.69, 9.17) is 0 Å². The Kier molecular flexibility index (Phi) is 3.47. The van der Waals surface area contributed by atoms with Gasteiger partial charge in [0.05, 0.1) is 0 Å². The maximum Gasteiger partial charge on any atom is 0.0462 e. The number of rotatable bonds is 2. The average molecular weight is 353 g/mol. The van der Waals surface area contributed by atoms with Gasteiger partial charge in [-0.15, -0.1) is 10.0 Å². The Morgan fingerprint density at radius 3 is 1.85 bits per heavy atom. The molecule has 0 fully saturated rings. The molecule has 0 radical (unpaired) electrons. The van der Waals surface area contributed by atoms with Gasteiger partial charge in [-0.2, -0.15) is 0 Å². The van der Waals surface area contributed by atoms with Crippen molar-refractivity contribution in [1.29, 1.82) is 0 Å². The Balaban J connectivity index is 2.00. The molecular weight excluding hydrogens is 334 g/mol. The maximum absolute atomic E-state index is 4.62. The minimum absolute atomic E-state index is 1.11. The normalized spacial score (nSPS) is 15.1. The number of nitrogens with zero attached hydrogens (tertiary/aromatic N) is 1. The standard InChI is InChI=1S/C24H19NS/c1-18-24-21-14-8-9-15-22(21)26(23(24)16-17-25-18,19-10-4-2-5-11-19)20-12-6-3-7-13-20/h2-17H,1H3. The van der Waals surface area contributed by atoms with Crippen molar-refractivity contribution in [2.75, 3.05) is 0 Å². The minimum Gasteiger partial charge on any atom is -0.261 e. The van der Waals surface area contributed by atoms with Crippen molar-refractivity contribution in [3.8, 4) is 11.1 Å². The van der Waals surface area contributed by atoms with E-state index in [9.17, 15) is 0 Å². The smallest absolute Gasteiger partial charge is 0.0462 e. The summed E-state index contributed by atoms with van der Waals surface area (Å²) in [5, 5.41) is 0. The molecule has 0 spiro atoms. The fourth-order valence-corrected chi connectivity index (χ4v) is 8.34. The van der Waals surface area contributed by atoms with E-state index in [2.05, 4.69) is 103 Å². The van der Waals surface area contributed by atoms with Crippen molar-refractivity contribution in [1.82, 2.24) is 4.98 Å². The van der Waals surface area contributed by atoms with Crippen LogP contribution in [0.4, 0.5) is 0 Å². The molecule has 1 aliphatic rings. The lowest BCUT2D eigenvalue weighted by molar-refractivity contribution is 1.16. The molecule has 26 heavy (non-hydrogen) atoms. The van der Waals surface area contributed by atoms with Crippen LogP contribution >= 0.6 is 10.0 Å². The lowest BCUT2D eigenvalue weighted by Gasteiger charge is -2.39. The van der Waals surface area contributed by atoms with Crippen molar-refractivity contribution in [3.63, 3.8) is 0 Å². The Bertz CT molecular complexity index is 1050. The summed E-state index contributed by atoms with van der Waals surface area (Å²) in [7, 11) is -1.50. The lowest BCUT2D eigenvalue weighted by atomic mass is 10.1. The molecule has 0 atom stereocenters. The van der Waals surface area contributed by atoms with Crippen molar-refractivity contribution in [2.24, 2.45) is 0 Å². The van der Waals surface area contributed by atoms with Crippen LogP contribution in [-0.2, 0) is 0 Å². The molecule has 1 aromatic heterocycles. The zero-order valence-corrected chi connectivity index (χ0v) is 15.4. The third-order valence-corrected chi connectivity index (χ3v) is 9.09. The van der Waals surface area contributed by atoms with Crippen LogP contribution in [0.15, 0.2) is 117 Å². The highest BCUT2D eigenvalue weighted by Gasteiger charge is 2.42. The first kappa shape index (κ1) is 15.4. The highest BCUT2D eigenvalue weighted by atomic mass is 32.3. The predicted molar refractivity (Wildman–Crippen MR) is 108 cm³/mol. The number of fused-ring (bicyclic) bond motifs is 3. The second kappa shape index (κ2) is 5.86. The van der Waals surface area contributed by atoms with Crippen molar-refractivity contribution in [2.45, 2.75) is 26.5 Å². The number of aryl methyl sites for hydroxylation is 1. The molecule has 4 aromatic rings. The Morgan fingerprint density at radius 1 is 0.615 bits per heavy atom. The van der Waals surface area contributed by atoms with E-state index in [1.165, 1.54) is 30.7 Å². The van der Waals surface area contributed by atoms with Gasteiger partial charge in [0.15, 0.2) is 0 Å². The van der Waals surface area contributed by atoms with Gasteiger partial charge in [-0.3, -0.25) is 4.98 Å². The monoisotopic (exact) mass is 353 g/mol. The van der Waals surface area contributed by atoms with Crippen LogP contribution in [0.2, 0.25) is 0 Å². The van der Waals surface area contributed by atoms with Gasteiger partial charge in [0.1, 0.15) is 0 Å². The van der Waals surface area contributed by atoms with Gasteiger partial charge in [-0.25, -0.2) is 0 Å². The Morgan fingerprint density at radius 2 is 1.19 bits per heavy atom. The summed E-state index contributed by atoms with van der Waals surface area (Å²) >= 11 is 0. The van der Waals surface area contributed by atoms with Crippen LogP contribution < -0.4 is 0 Å². The van der Waals surface area contributed by atoms with Gasteiger partial charge < -0.3 is 0 Å². The van der Waals surface area contributed by atoms with E-state index < -0.39 is 10.0 Å². The number of benzene rings is 3. The molecule has 3 aromatic carbocycles. The average Bonchev–Trinajstić information content (AvgIpc) is 3.02. The molecule has 0 saturated carbocycles. The van der Waals surface area contributed by atoms with Crippen LogP contribution in [0.3, 0.4) is 0 Å².